The monoisotopic (exact) mass is 503 g/mol. The molecule has 2 aromatic heterocycles. The van der Waals surface area contributed by atoms with Gasteiger partial charge in [-0.05, 0) is 37.1 Å². The Labute approximate surface area is 212 Å². The molecule has 0 atom stereocenters. The average Bonchev–Trinajstić information content (AvgIpc) is 3.42. The number of benzene rings is 2. The highest BCUT2D eigenvalue weighted by Gasteiger charge is 2.20. The Morgan fingerprint density at radius 2 is 1.89 bits per heavy atom. The number of nitrogens with one attached hydrogen (secondary N) is 3. The van der Waals surface area contributed by atoms with E-state index < -0.39 is 5.82 Å². The van der Waals surface area contributed by atoms with E-state index in [9.17, 15) is 4.39 Å². The van der Waals surface area contributed by atoms with Gasteiger partial charge in [-0.25, -0.2) is 19.3 Å². The molecule has 37 heavy (non-hydrogen) atoms. The van der Waals surface area contributed by atoms with E-state index in [1.807, 2.05) is 0 Å². The zero-order chi connectivity index (χ0) is 25.6. The van der Waals surface area contributed by atoms with E-state index in [4.69, 9.17) is 25.4 Å². The second-order valence-electron chi connectivity index (χ2n) is 8.50. The number of nitrogens with zero attached hydrogens (tertiary/aromatic N) is 3. The third-order valence-electron chi connectivity index (χ3n) is 5.86. The summed E-state index contributed by atoms with van der Waals surface area (Å²) in [5.74, 6) is 1.33. The van der Waals surface area contributed by atoms with Crippen molar-refractivity contribution in [3.8, 4) is 17.2 Å². The lowest BCUT2D eigenvalue weighted by Crippen LogP contribution is -2.29. The molecule has 0 bridgehead atoms. The Bertz CT molecular complexity index is 1360. The minimum absolute atomic E-state index is 0.180. The van der Waals surface area contributed by atoms with Gasteiger partial charge < -0.3 is 30.2 Å². The highest BCUT2D eigenvalue weighted by Crippen LogP contribution is 2.29. The lowest BCUT2D eigenvalue weighted by atomic mass is 10.0. The Balaban J connectivity index is 1.29. The molecule has 0 spiro atoms. The summed E-state index contributed by atoms with van der Waals surface area (Å²) in [6.45, 7) is 1.57. The molecule has 0 unspecified atom stereocenters. The molecule has 1 aliphatic heterocycles. The van der Waals surface area contributed by atoms with E-state index in [0.717, 1.165) is 18.5 Å². The maximum Gasteiger partial charge on any atom is 0.141 e. The zero-order valence-corrected chi connectivity index (χ0v) is 19.9. The van der Waals surface area contributed by atoms with E-state index in [2.05, 4.69) is 25.3 Å². The van der Waals surface area contributed by atoms with Crippen LogP contribution in [-0.4, -0.2) is 44.9 Å². The van der Waals surface area contributed by atoms with Crippen LogP contribution < -0.4 is 20.5 Å². The maximum absolute atomic E-state index is 14.2. The van der Waals surface area contributed by atoms with Crippen LogP contribution in [0, 0.1) is 11.2 Å². The number of nitrogen functional groups attached to an aromatic ring is 1. The third kappa shape index (κ3) is 6.01. The highest BCUT2D eigenvalue weighted by atomic mass is 19.1. The molecule has 0 saturated carbocycles. The molecule has 0 aliphatic carbocycles. The van der Waals surface area contributed by atoms with Crippen molar-refractivity contribution in [2.24, 2.45) is 0 Å². The van der Waals surface area contributed by atoms with Crippen LogP contribution in [0.4, 0.5) is 16.0 Å². The fourth-order valence-electron chi connectivity index (χ4n) is 3.96. The van der Waals surface area contributed by atoms with Gasteiger partial charge in [0, 0.05) is 43.0 Å². The fraction of sp³-hybridized carbons (Fsp3) is 0.231. The lowest BCUT2D eigenvalue weighted by molar-refractivity contribution is 0.0904. The summed E-state index contributed by atoms with van der Waals surface area (Å²) in [4.78, 5) is 15.3. The van der Waals surface area contributed by atoms with Gasteiger partial charge in [0.05, 0.1) is 29.5 Å². The van der Waals surface area contributed by atoms with Crippen LogP contribution in [-0.2, 0) is 11.3 Å². The summed E-state index contributed by atoms with van der Waals surface area (Å²) in [7, 11) is 0. The third-order valence-corrected chi connectivity index (χ3v) is 5.86. The molecule has 11 heteroatoms. The van der Waals surface area contributed by atoms with Gasteiger partial charge in [0.25, 0.3) is 0 Å². The topological polar surface area (TPSA) is 144 Å². The van der Waals surface area contributed by atoms with Gasteiger partial charge in [-0.2, -0.15) is 0 Å². The van der Waals surface area contributed by atoms with Gasteiger partial charge in [0.15, 0.2) is 0 Å². The second kappa shape index (κ2) is 11.0. The summed E-state index contributed by atoms with van der Waals surface area (Å²) in [5.41, 5.74) is 8.13. The van der Waals surface area contributed by atoms with Gasteiger partial charge in [-0.1, -0.05) is 0 Å². The molecule has 1 saturated heterocycles. The predicted octanol–water partition coefficient (Wildman–Crippen LogP) is 4.30. The number of halogens is 1. The van der Waals surface area contributed by atoms with E-state index in [0.29, 0.717) is 41.7 Å². The van der Waals surface area contributed by atoms with Crippen molar-refractivity contribution in [1.29, 1.82) is 5.41 Å². The van der Waals surface area contributed by atoms with Gasteiger partial charge >= 0.3 is 0 Å². The lowest BCUT2D eigenvalue weighted by Gasteiger charge is -2.25. The molecule has 1 fully saturated rings. The van der Waals surface area contributed by atoms with Crippen LogP contribution in [0.5, 0.6) is 17.2 Å². The molecular weight excluding hydrogens is 477 g/mol. The summed E-state index contributed by atoms with van der Waals surface area (Å²) in [6.07, 6.45) is 6.26. The van der Waals surface area contributed by atoms with E-state index >= 15 is 0 Å². The van der Waals surface area contributed by atoms with Crippen molar-refractivity contribution < 1.29 is 18.6 Å². The van der Waals surface area contributed by atoms with Crippen LogP contribution in [0.3, 0.4) is 0 Å². The number of aromatic amines is 1. The van der Waals surface area contributed by atoms with Gasteiger partial charge in [-0.15, -0.1) is 0 Å². The Morgan fingerprint density at radius 3 is 2.65 bits per heavy atom. The van der Waals surface area contributed by atoms with Crippen molar-refractivity contribution in [3.05, 3.63) is 84.0 Å². The number of rotatable bonds is 9. The van der Waals surface area contributed by atoms with Crippen molar-refractivity contribution in [1.82, 2.24) is 19.9 Å². The number of hydrogen-bond acceptors (Lipinski definition) is 9. The Kier molecular flexibility index (Phi) is 7.22. The minimum atomic E-state index is -0.486. The molecule has 4 aromatic rings. The first kappa shape index (κ1) is 24.2. The average molecular weight is 504 g/mol. The molecular formula is C26H26FN7O3. The van der Waals surface area contributed by atoms with Crippen LogP contribution in [0.25, 0.3) is 0 Å². The Hall–Kier alpha value is -4.51. The first-order chi connectivity index (χ1) is 18.0. The molecule has 3 heterocycles. The first-order valence-corrected chi connectivity index (χ1v) is 11.8. The minimum Gasteiger partial charge on any atom is -0.487 e. The molecule has 2 aromatic carbocycles. The number of H-pyrrole nitrogens is 1. The molecule has 5 rings (SSSR count). The van der Waals surface area contributed by atoms with Gasteiger partial charge in [0.2, 0.25) is 0 Å². The maximum atomic E-state index is 14.2. The van der Waals surface area contributed by atoms with Crippen LogP contribution in [0.1, 0.15) is 29.7 Å². The zero-order valence-electron chi connectivity index (χ0n) is 19.9. The van der Waals surface area contributed by atoms with Crippen LogP contribution >= 0.6 is 0 Å². The van der Waals surface area contributed by atoms with Crippen LogP contribution in [0.15, 0.2) is 61.3 Å². The first-order valence-electron chi connectivity index (χ1n) is 11.8. The number of ether oxygens (including phenoxy) is 3. The van der Waals surface area contributed by atoms with E-state index in [-0.39, 0.29) is 29.9 Å². The normalized spacial score (nSPS) is 13.8. The largest absolute Gasteiger partial charge is 0.487 e. The molecule has 0 amide bonds. The van der Waals surface area contributed by atoms with Crippen molar-refractivity contribution >= 4 is 17.3 Å². The quantitative estimate of drug-likeness (QED) is 0.248. The molecule has 190 valence electrons. The number of anilines is 2. The molecule has 5 N–H and O–H groups in total. The van der Waals surface area contributed by atoms with Gasteiger partial charge in [-0.3, -0.25) is 5.41 Å². The summed E-state index contributed by atoms with van der Waals surface area (Å²) in [6, 6.07) is 11.2. The second-order valence-corrected chi connectivity index (χ2v) is 8.50. The highest BCUT2D eigenvalue weighted by molar-refractivity contribution is 6.16. The SMILES string of the molecule is N=C(c1ccc(Oc2cc(F)cc(OCc3cnc[nH]3)c2)cc1)c1c(N)ncnc1NC1CCOCC1. The smallest absolute Gasteiger partial charge is 0.141 e. The number of imidazole rings is 1. The number of hydrogen-bond donors (Lipinski definition) is 4. The standard InChI is InChI=1S/C26H26FN7O3/c27-17-9-21(36-13-19-12-30-14-31-19)11-22(10-17)37-20-3-1-16(2-4-20)24(28)23-25(29)32-15-33-26(23)34-18-5-7-35-8-6-18/h1-4,9-12,14-15,18,28H,5-8,13H2,(H,30,31)(H3,29,32,33,34). The molecule has 1 aliphatic rings. The van der Waals surface area contributed by atoms with E-state index in [1.165, 1.54) is 18.5 Å². The molecule has 0 radical (unpaired) electrons. The predicted molar refractivity (Wildman–Crippen MR) is 136 cm³/mol. The van der Waals surface area contributed by atoms with Crippen molar-refractivity contribution in [2.45, 2.75) is 25.5 Å². The fourth-order valence-corrected chi connectivity index (χ4v) is 3.96. The summed E-state index contributed by atoms with van der Waals surface area (Å²) < 4.78 is 31.0. The summed E-state index contributed by atoms with van der Waals surface area (Å²) in [5, 5.41) is 12.2. The van der Waals surface area contributed by atoms with Crippen molar-refractivity contribution in [3.63, 3.8) is 0 Å². The van der Waals surface area contributed by atoms with E-state index in [1.54, 1.807) is 42.9 Å². The molecule has 10 nitrogen and oxygen atoms in total. The van der Waals surface area contributed by atoms with Gasteiger partial charge in [0.1, 0.15) is 47.6 Å². The number of nitrogens with two attached hydrogens (primary N) is 1. The Morgan fingerprint density at radius 1 is 1.11 bits per heavy atom. The van der Waals surface area contributed by atoms with Crippen LogP contribution in [0.2, 0.25) is 0 Å². The van der Waals surface area contributed by atoms with Crippen molar-refractivity contribution in [2.75, 3.05) is 24.3 Å². The summed E-state index contributed by atoms with van der Waals surface area (Å²) >= 11 is 0. The number of aromatic nitrogens is 4.